The van der Waals surface area contributed by atoms with Crippen molar-refractivity contribution in [1.29, 1.82) is 0 Å². The standard InChI is InChI=1S/C23H17Cl2NO4S/c1-12-5-7-14(11-16(12)25)26-20(18-4-3-9-31-18)19(22(28)23(26)29)21(27)15-10-13(24)6-8-17(15)30-2/h3-11,20,27H,1-2H3/b21-19-. The number of thiophene rings is 1. The van der Waals surface area contributed by atoms with Crippen molar-refractivity contribution in [2.75, 3.05) is 12.0 Å². The first-order valence-electron chi connectivity index (χ1n) is 9.28. The lowest BCUT2D eigenvalue weighted by atomic mass is 9.99. The molecular formula is C23H17Cl2NO4S. The van der Waals surface area contributed by atoms with Crippen LogP contribution >= 0.6 is 34.5 Å². The highest BCUT2D eigenvalue weighted by atomic mass is 35.5. The van der Waals surface area contributed by atoms with Crippen molar-refractivity contribution in [3.8, 4) is 5.75 Å². The van der Waals surface area contributed by atoms with Crippen LogP contribution in [0.25, 0.3) is 5.76 Å². The summed E-state index contributed by atoms with van der Waals surface area (Å²) >= 11 is 13.8. The van der Waals surface area contributed by atoms with E-state index in [0.717, 1.165) is 10.4 Å². The Kier molecular flexibility index (Phi) is 5.79. The first kappa shape index (κ1) is 21.4. The molecule has 1 aliphatic rings. The Morgan fingerprint density at radius 3 is 2.55 bits per heavy atom. The van der Waals surface area contributed by atoms with Crippen LogP contribution in [0.5, 0.6) is 5.75 Å². The lowest BCUT2D eigenvalue weighted by Gasteiger charge is -2.24. The highest BCUT2D eigenvalue weighted by Gasteiger charge is 2.47. The Morgan fingerprint density at radius 1 is 1.13 bits per heavy atom. The molecule has 0 radical (unpaired) electrons. The van der Waals surface area contributed by atoms with Crippen LogP contribution in [0.2, 0.25) is 10.0 Å². The zero-order valence-electron chi connectivity index (χ0n) is 16.6. The first-order chi connectivity index (χ1) is 14.8. The summed E-state index contributed by atoms with van der Waals surface area (Å²) in [6.45, 7) is 1.85. The molecule has 1 saturated heterocycles. The second kappa shape index (κ2) is 8.38. The maximum atomic E-state index is 13.1. The maximum Gasteiger partial charge on any atom is 0.300 e. The van der Waals surface area contributed by atoms with Crippen molar-refractivity contribution in [3.63, 3.8) is 0 Å². The second-order valence-electron chi connectivity index (χ2n) is 6.96. The summed E-state index contributed by atoms with van der Waals surface area (Å²) in [5, 5.41) is 13.9. The van der Waals surface area contributed by atoms with Gasteiger partial charge < -0.3 is 9.84 Å². The SMILES string of the molecule is COc1ccc(Cl)cc1/C(O)=C1/C(=O)C(=O)N(c2ccc(C)c(Cl)c2)C1c1cccs1. The van der Waals surface area contributed by atoms with E-state index in [-0.39, 0.29) is 16.9 Å². The first-order valence-corrected chi connectivity index (χ1v) is 10.9. The van der Waals surface area contributed by atoms with Crippen LogP contribution < -0.4 is 9.64 Å². The molecule has 3 aromatic rings. The van der Waals surface area contributed by atoms with E-state index in [1.807, 2.05) is 24.4 Å². The molecule has 158 valence electrons. The van der Waals surface area contributed by atoms with E-state index in [1.54, 1.807) is 30.3 Å². The lowest BCUT2D eigenvalue weighted by molar-refractivity contribution is -0.132. The lowest BCUT2D eigenvalue weighted by Crippen LogP contribution is -2.29. The Labute approximate surface area is 193 Å². The summed E-state index contributed by atoms with van der Waals surface area (Å²) < 4.78 is 5.33. The van der Waals surface area contributed by atoms with Gasteiger partial charge in [0.05, 0.1) is 18.2 Å². The van der Waals surface area contributed by atoms with Crippen molar-refractivity contribution in [2.45, 2.75) is 13.0 Å². The van der Waals surface area contributed by atoms with Crippen LogP contribution in [0.3, 0.4) is 0 Å². The van der Waals surface area contributed by atoms with Crippen LogP contribution in [0.4, 0.5) is 5.69 Å². The Bertz CT molecular complexity index is 1220. The molecule has 1 aromatic heterocycles. The van der Waals surface area contributed by atoms with Gasteiger partial charge in [0, 0.05) is 20.6 Å². The number of carbonyl (C=O) groups excluding carboxylic acids is 2. The van der Waals surface area contributed by atoms with Gasteiger partial charge in [-0.05, 0) is 54.3 Å². The van der Waals surface area contributed by atoms with Gasteiger partial charge in [0.2, 0.25) is 0 Å². The number of Topliss-reactive ketones (excluding diaryl/α,β-unsaturated/α-hetero) is 1. The van der Waals surface area contributed by atoms with Crippen LogP contribution in [-0.2, 0) is 9.59 Å². The molecule has 1 amide bonds. The summed E-state index contributed by atoms with van der Waals surface area (Å²) in [5.74, 6) is -1.57. The summed E-state index contributed by atoms with van der Waals surface area (Å²) in [4.78, 5) is 28.3. The molecule has 1 atom stereocenters. The van der Waals surface area contributed by atoms with Crippen molar-refractivity contribution in [2.24, 2.45) is 0 Å². The minimum absolute atomic E-state index is 0.0373. The van der Waals surface area contributed by atoms with Crippen LogP contribution in [0, 0.1) is 6.92 Å². The molecule has 0 spiro atoms. The quantitative estimate of drug-likeness (QED) is 0.286. The Hall–Kier alpha value is -2.80. The number of anilines is 1. The number of ketones is 1. The molecule has 0 aliphatic carbocycles. The van der Waals surface area contributed by atoms with E-state index in [9.17, 15) is 14.7 Å². The van der Waals surface area contributed by atoms with Crippen molar-refractivity contribution < 1.29 is 19.4 Å². The molecule has 8 heteroatoms. The van der Waals surface area contributed by atoms with E-state index in [2.05, 4.69) is 0 Å². The predicted molar refractivity (Wildman–Crippen MR) is 123 cm³/mol. The molecule has 31 heavy (non-hydrogen) atoms. The number of aliphatic hydroxyl groups excluding tert-OH is 1. The van der Waals surface area contributed by atoms with Gasteiger partial charge in [-0.15, -0.1) is 11.3 Å². The third-order valence-corrected chi connectivity index (χ3v) is 6.67. The molecule has 2 heterocycles. The van der Waals surface area contributed by atoms with Crippen molar-refractivity contribution >= 4 is 57.7 Å². The number of halogens is 2. The molecule has 4 rings (SSSR count). The molecule has 1 unspecified atom stereocenters. The summed E-state index contributed by atoms with van der Waals surface area (Å²) in [7, 11) is 1.45. The van der Waals surface area contributed by atoms with Gasteiger partial charge in [-0.25, -0.2) is 0 Å². The van der Waals surface area contributed by atoms with Gasteiger partial charge in [-0.2, -0.15) is 0 Å². The Morgan fingerprint density at radius 2 is 1.90 bits per heavy atom. The number of ether oxygens (including phenoxy) is 1. The van der Waals surface area contributed by atoms with Gasteiger partial charge in [0.1, 0.15) is 17.6 Å². The minimum Gasteiger partial charge on any atom is -0.507 e. The normalized spacial score (nSPS) is 17.9. The monoisotopic (exact) mass is 473 g/mol. The average Bonchev–Trinajstić information content (AvgIpc) is 3.37. The molecule has 0 saturated carbocycles. The van der Waals surface area contributed by atoms with Gasteiger partial charge in [-0.1, -0.05) is 35.3 Å². The average molecular weight is 474 g/mol. The third-order valence-electron chi connectivity index (χ3n) is 5.11. The fourth-order valence-corrected chi connectivity index (χ4v) is 4.73. The summed E-state index contributed by atoms with van der Waals surface area (Å²) in [6, 6.07) is 12.7. The van der Waals surface area contributed by atoms with Gasteiger partial charge in [0.25, 0.3) is 11.7 Å². The summed E-state index contributed by atoms with van der Waals surface area (Å²) in [5.41, 5.74) is 1.51. The van der Waals surface area contributed by atoms with Gasteiger partial charge >= 0.3 is 0 Å². The predicted octanol–water partition coefficient (Wildman–Crippen LogP) is 6.00. The number of hydrogen-bond acceptors (Lipinski definition) is 5. The van der Waals surface area contributed by atoms with E-state index in [4.69, 9.17) is 27.9 Å². The number of hydrogen-bond donors (Lipinski definition) is 1. The Balaban J connectivity index is 1.97. The minimum atomic E-state index is -0.817. The van der Waals surface area contributed by atoms with Crippen LogP contribution in [-0.4, -0.2) is 23.9 Å². The fourth-order valence-electron chi connectivity index (χ4n) is 3.56. The smallest absolute Gasteiger partial charge is 0.300 e. The van der Waals surface area contributed by atoms with Gasteiger partial charge in [-0.3, -0.25) is 14.5 Å². The topological polar surface area (TPSA) is 66.8 Å². The number of amides is 1. The maximum absolute atomic E-state index is 13.1. The number of aryl methyl sites for hydroxylation is 1. The molecule has 1 N–H and O–H groups in total. The number of aliphatic hydroxyl groups is 1. The molecule has 5 nitrogen and oxygen atoms in total. The van der Waals surface area contributed by atoms with Crippen molar-refractivity contribution in [3.05, 3.63) is 85.5 Å². The van der Waals surface area contributed by atoms with E-state index >= 15 is 0 Å². The van der Waals surface area contributed by atoms with Crippen molar-refractivity contribution in [1.82, 2.24) is 0 Å². The van der Waals surface area contributed by atoms with E-state index < -0.39 is 17.7 Å². The van der Waals surface area contributed by atoms with Crippen LogP contribution in [0.1, 0.15) is 22.0 Å². The number of carbonyl (C=O) groups is 2. The fraction of sp³-hybridized carbons (Fsp3) is 0.130. The molecule has 0 bridgehead atoms. The third kappa shape index (κ3) is 3.71. The highest BCUT2D eigenvalue weighted by Crippen LogP contribution is 2.45. The molecule has 1 aliphatic heterocycles. The second-order valence-corrected chi connectivity index (χ2v) is 8.79. The number of nitrogens with zero attached hydrogens (tertiary/aromatic N) is 1. The van der Waals surface area contributed by atoms with Gasteiger partial charge in [0.15, 0.2) is 0 Å². The largest absolute Gasteiger partial charge is 0.507 e. The highest BCUT2D eigenvalue weighted by molar-refractivity contribution is 7.10. The molecule has 1 fully saturated rings. The summed E-state index contributed by atoms with van der Waals surface area (Å²) in [6.07, 6.45) is 0. The molecular weight excluding hydrogens is 457 g/mol. The van der Waals surface area contributed by atoms with E-state index in [1.165, 1.54) is 29.4 Å². The zero-order chi connectivity index (χ0) is 22.3. The molecule has 2 aromatic carbocycles. The zero-order valence-corrected chi connectivity index (χ0v) is 18.9. The number of rotatable bonds is 4. The van der Waals surface area contributed by atoms with E-state index in [0.29, 0.717) is 21.5 Å². The van der Waals surface area contributed by atoms with Crippen LogP contribution in [0.15, 0.2) is 59.5 Å². The number of methoxy groups -OCH3 is 1. The number of benzene rings is 2.